The van der Waals surface area contributed by atoms with Gasteiger partial charge in [-0.3, -0.25) is 10.4 Å². The minimum atomic E-state index is 0.313. The molecule has 1 fully saturated rings. The lowest BCUT2D eigenvalue weighted by atomic mass is 10.2. The number of nitrogens with zero attached hydrogens (tertiary/aromatic N) is 5. The predicted octanol–water partition coefficient (Wildman–Crippen LogP) is 4.11. The molecule has 0 unspecified atom stereocenters. The smallest absolute Gasteiger partial charge is 0.320 e. The third-order valence-corrected chi connectivity index (χ3v) is 4.78. The molecule has 0 amide bonds. The average Bonchev–Trinajstić information content (AvgIpc) is 2.86. The minimum absolute atomic E-state index is 0.313. The van der Waals surface area contributed by atoms with Crippen molar-refractivity contribution in [1.82, 2.24) is 15.0 Å². The van der Waals surface area contributed by atoms with Gasteiger partial charge in [-0.2, -0.15) is 15.1 Å². The van der Waals surface area contributed by atoms with Crippen molar-refractivity contribution < 1.29 is 9.47 Å². The summed E-state index contributed by atoms with van der Waals surface area (Å²) < 4.78 is 11.3. The van der Waals surface area contributed by atoms with E-state index >= 15 is 0 Å². The van der Waals surface area contributed by atoms with Crippen molar-refractivity contribution in [2.45, 2.75) is 27.2 Å². The highest BCUT2D eigenvalue weighted by Crippen LogP contribution is 2.21. The lowest BCUT2D eigenvalue weighted by Crippen LogP contribution is -2.36. The number of benzene rings is 1. The number of nitrogens with one attached hydrogen (secondary N) is 1. The number of aromatic nitrogens is 3. The Balaban J connectivity index is 0.00000149. The molecular weight excluding hydrogens is 416 g/mol. The van der Waals surface area contributed by atoms with Crippen molar-refractivity contribution in [3.8, 4) is 6.01 Å². The molecule has 1 aliphatic rings. The van der Waals surface area contributed by atoms with Crippen LogP contribution >= 0.6 is 0 Å². The van der Waals surface area contributed by atoms with Crippen molar-refractivity contribution in [2.24, 2.45) is 5.10 Å². The molecule has 8 nitrogen and oxygen atoms in total. The van der Waals surface area contributed by atoms with Gasteiger partial charge in [0.15, 0.2) is 5.82 Å². The van der Waals surface area contributed by atoms with Crippen LogP contribution in [0.5, 0.6) is 6.01 Å². The number of rotatable bonds is 8. The minimum Gasteiger partial charge on any atom is -0.463 e. The fourth-order valence-electron chi connectivity index (χ4n) is 3.21. The van der Waals surface area contributed by atoms with Crippen LogP contribution < -0.4 is 15.1 Å². The summed E-state index contributed by atoms with van der Waals surface area (Å²) in [5.74, 6) is 1.37. The number of hydrogen-bond donors (Lipinski definition) is 1. The monoisotopic (exact) mass is 448 g/mol. The van der Waals surface area contributed by atoms with Gasteiger partial charge in [0, 0.05) is 37.5 Å². The summed E-state index contributed by atoms with van der Waals surface area (Å²) in [6.07, 6.45) is 4.23. The van der Waals surface area contributed by atoms with Gasteiger partial charge in [0.25, 0.3) is 0 Å². The van der Waals surface area contributed by atoms with Gasteiger partial charge < -0.3 is 14.4 Å². The highest BCUT2D eigenvalue weighted by atomic mass is 16.5. The standard InChI is InChI=1S/C23H26N6O2.C2H6/c1-18-5-4-6-19(15-18)17-25-28-21-16-22(29-10-13-30-14-11-29)27-23(26-21)31-12-8-20-7-2-3-9-24-20;1-2/h2-7,9,15-17H,8,10-14H2,1H3,(H,26,27,28);1-2H3/b25-17+;. The number of aryl methyl sites for hydroxylation is 1. The topological polar surface area (TPSA) is 84.8 Å². The molecule has 3 heterocycles. The zero-order valence-electron chi connectivity index (χ0n) is 19.6. The number of anilines is 2. The second-order valence-corrected chi connectivity index (χ2v) is 7.20. The first kappa shape index (κ1) is 24.1. The van der Waals surface area contributed by atoms with Gasteiger partial charge in [0.1, 0.15) is 5.82 Å². The van der Waals surface area contributed by atoms with E-state index in [-0.39, 0.29) is 0 Å². The first-order chi connectivity index (χ1) is 16.3. The maximum atomic E-state index is 5.85. The van der Waals surface area contributed by atoms with E-state index in [2.05, 4.69) is 49.4 Å². The third kappa shape index (κ3) is 7.84. The molecule has 0 radical (unpaired) electrons. The SMILES string of the molecule is CC.Cc1cccc(/C=N/Nc2cc(N3CCOCC3)nc(OCCc3ccccn3)n2)c1. The molecule has 1 aromatic carbocycles. The summed E-state index contributed by atoms with van der Waals surface area (Å²) in [6, 6.07) is 16.2. The first-order valence-corrected chi connectivity index (χ1v) is 11.4. The van der Waals surface area contributed by atoms with Crippen LogP contribution in [0.4, 0.5) is 11.6 Å². The molecule has 0 atom stereocenters. The zero-order chi connectivity index (χ0) is 23.3. The van der Waals surface area contributed by atoms with E-state index < -0.39 is 0 Å². The predicted molar refractivity (Wildman–Crippen MR) is 132 cm³/mol. The average molecular weight is 449 g/mol. The normalized spacial score (nSPS) is 13.4. The van der Waals surface area contributed by atoms with Crippen molar-refractivity contribution in [2.75, 3.05) is 43.2 Å². The fourth-order valence-corrected chi connectivity index (χ4v) is 3.21. The van der Waals surface area contributed by atoms with Gasteiger partial charge in [0.2, 0.25) is 0 Å². The van der Waals surface area contributed by atoms with E-state index in [1.165, 1.54) is 5.56 Å². The summed E-state index contributed by atoms with van der Waals surface area (Å²) in [4.78, 5) is 15.5. The van der Waals surface area contributed by atoms with Crippen LogP contribution in [-0.2, 0) is 11.2 Å². The zero-order valence-corrected chi connectivity index (χ0v) is 19.6. The van der Waals surface area contributed by atoms with Crippen LogP contribution in [0, 0.1) is 6.92 Å². The Hall–Kier alpha value is -3.52. The van der Waals surface area contributed by atoms with Gasteiger partial charge in [-0.05, 0) is 24.6 Å². The third-order valence-electron chi connectivity index (χ3n) is 4.78. The van der Waals surface area contributed by atoms with Gasteiger partial charge in [-0.15, -0.1) is 0 Å². The number of hydrogen-bond acceptors (Lipinski definition) is 8. The van der Waals surface area contributed by atoms with Crippen LogP contribution in [0.3, 0.4) is 0 Å². The van der Waals surface area contributed by atoms with Crippen molar-refractivity contribution >= 4 is 17.9 Å². The maximum Gasteiger partial charge on any atom is 0.320 e. The maximum absolute atomic E-state index is 5.85. The van der Waals surface area contributed by atoms with Crippen molar-refractivity contribution in [1.29, 1.82) is 0 Å². The second-order valence-electron chi connectivity index (χ2n) is 7.20. The summed E-state index contributed by atoms with van der Waals surface area (Å²) in [7, 11) is 0. The lowest BCUT2D eigenvalue weighted by Gasteiger charge is -2.28. The number of morpholine rings is 1. The van der Waals surface area contributed by atoms with E-state index in [1.807, 2.05) is 50.2 Å². The number of ether oxygens (including phenoxy) is 2. The molecule has 0 spiro atoms. The summed E-state index contributed by atoms with van der Waals surface area (Å²) in [6.45, 7) is 9.39. The Bertz CT molecular complexity index is 1010. The molecule has 174 valence electrons. The Morgan fingerprint density at radius 2 is 1.94 bits per heavy atom. The second kappa shape index (κ2) is 13.1. The fraction of sp³-hybridized carbons (Fsp3) is 0.360. The molecule has 2 aromatic heterocycles. The molecule has 33 heavy (non-hydrogen) atoms. The van der Waals surface area contributed by atoms with Crippen LogP contribution in [-0.4, -0.2) is 54.1 Å². The molecule has 0 aliphatic carbocycles. The summed E-state index contributed by atoms with van der Waals surface area (Å²) >= 11 is 0. The highest BCUT2D eigenvalue weighted by molar-refractivity contribution is 5.80. The van der Waals surface area contributed by atoms with Gasteiger partial charge in [0.05, 0.1) is 26.0 Å². The molecule has 4 rings (SSSR count). The summed E-state index contributed by atoms with van der Waals surface area (Å²) in [5.41, 5.74) is 6.17. The molecule has 3 aromatic rings. The van der Waals surface area contributed by atoms with E-state index in [1.54, 1.807) is 12.4 Å². The Labute approximate surface area is 195 Å². The quantitative estimate of drug-likeness (QED) is 0.410. The van der Waals surface area contributed by atoms with Gasteiger partial charge in [-0.25, -0.2) is 0 Å². The van der Waals surface area contributed by atoms with Crippen molar-refractivity contribution in [3.63, 3.8) is 0 Å². The lowest BCUT2D eigenvalue weighted by molar-refractivity contribution is 0.122. The molecule has 0 saturated carbocycles. The van der Waals surface area contributed by atoms with Crippen LogP contribution in [0.1, 0.15) is 30.7 Å². The van der Waals surface area contributed by atoms with Gasteiger partial charge >= 0.3 is 6.01 Å². The van der Waals surface area contributed by atoms with E-state index in [0.29, 0.717) is 38.1 Å². The Morgan fingerprint density at radius 1 is 1.09 bits per heavy atom. The molecular formula is C25H32N6O2. The van der Waals surface area contributed by atoms with Crippen molar-refractivity contribution in [3.05, 3.63) is 71.5 Å². The van der Waals surface area contributed by atoms with Crippen LogP contribution in [0.2, 0.25) is 0 Å². The molecule has 1 aliphatic heterocycles. The summed E-state index contributed by atoms with van der Waals surface area (Å²) in [5, 5.41) is 4.33. The Morgan fingerprint density at radius 3 is 2.70 bits per heavy atom. The number of hydrazone groups is 1. The van der Waals surface area contributed by atoms with E-state index in [0.717, 1.165) is 30.2 Å². The van der Waals surface area contributed by atoms with E-state index in [9.17, 15) is 0 Å². The van der Waals surface area contributed by atoms with Gasteiger partial charge in [-0.1, -0.05) is 49.7 Å². The van der Waals surface area contributed by atoms with Crippen LogP contribution in [0.25, 0.3) is 0 Å². The highest BCUT2D eigenvalue weighted by Gasteiger charge is 2.15. The van der Waals surface area contributed by atoms with Crippen LogP contribution in [0.15, 0.2) is 59.8 Å². The molecule has 8 heteroatoms. The largest absolute Gasteiger partial charge is 0.463 e. The van der Waals surface area contributed by atoms with E-state index in [4.69, 9.17) is 9.47 Å². The molecule has 1 N–H and O–H groups in total. The first-order valence-electron chi connectivity index (χ1n) is 11.4. The molecule has 0 bridgehead atoms. The Kier molecular flexibility index (Phi) is 9.60. The molecule has 1 saturated heterocycles. The number of pyridine rings is 1.